The van der Waals surface area contributed by atoms with Crippen LogP contribution in [0.2, 0.25) is 0 Å². The highest BCUT2D eigenvalue weighted by Gasteiger charge is 2.33. The van der Waals surface area contributed by atoms with Crippen molar-refractivity contribution in [2.45, 2.75) is 19.0 Å². The molecule has 0 aliphatic heterocycles. The van der Waals surface area contributed by atoms with E-state index in [0.717, 1.165) is 11.6 Å². The monoisotopic (exact) mass is 324 g/mol. The van der Waals surface area contributed by atoms with E-state index in [0.29, 0.717) is 30.7 Å². The highest BCUT2D eigenvalue weighted by atomic mass is 19.4. The Morgan fingerprint density at radius 2 is 1.78 bits per heavy atom. The van der Waals surface area contributed by atoms with Gasteiger partial charge in [0.25, 0.3) is 0 Å². The van der Waals surface area contributed by atoms with E-state index in [2.05, 4.69) is 0 Å². The predicted molar refractivity (Wildman–Crippen MR) is 85.9 cm³/mol. The van der Waals surface area contributed by atoms with Gasteiger partial charge in [0.05, 0.1) is 16.9 Å². The number of methoxy groups -OCH3 is 1. The number of rotatable bonds is 5. The standard InChI is InChI=1S/C17H19F3N2O/c1-23-8-4-5-11-9-12(10-15(21)16(11)22)13-6-2-3-7-14(13)17(18,19)20/h2-3,6-7,9-10H,4-5,8,21-22H2,1H3. The lowest BCUT2D eigenvalue weighted by Gasteiger charge is -2.16. The number of nitrogens with two attached hydrogens (primary N) is 2. The third kappa shape index (κ3) is 3.96. The second-order valence-corrected chi connectivity index (χ2v) is 5.28. The summed E-state index contributed by atoms with van der Waals surface area (Å²) in [5.41, 5.74) is 13.1. The summed E-state index contributed by atoms with van der Waals surface area (Å²) in [6, 6.07) is 8.60. The number of ether oxygens (including phenoxy) is 1. The zero-order valence-electron chi connectivity index (χ0n) is 12.8. The molecule has 0 saturated carbocycles. The number of anilines is 2. The van der Waals surface area contributed by atoms with Crippen LogP contribution in [-0.2, 0) is 17.3 Å². The SMILES string of the molecule is COCCCc1cc(-c2ccccc2C(F)(F)F)cc(N)c1N. The number of halogens is 3. The number of benzene rings is 2. The third-order valence-electron chi connectivity index (χ3n) is 3.64. The van der Waals surface area contributed by atoms with E-state index in [9.17, 15) is 13.2 Å². The molecule has 2 rings (SSSR count). The van der Waals surface area contributed by atoms with Gasteiger partial charge in [0, 0.05) is 13.7 Å². The number of alkyl halides is 3. The molecule has 0 saturated heterocycles. The Labute approximate surface area is 133 Å². The number of hydrogen-bond acceptors (Lipinski definition) is 3. The lowest BCUT2D eigenvalue weighted by atomic mass is 9.95. The molecule has 0 bridgehead atoms. The van der Waals surface area contributed by atoms with Crippen molar-refractivity contribution in [1.82, 2.24) is 0 Å². The van der Waals surface area contributed by atoms with Crippen molar-refractivity contribution < 1.29 is 17.9 Å². The largest absolute Gasteiger partial charge is 0.417 e. The van der Waals surface area contributed by atoms with Crippen LogP contribution >= 0.6 is 0 Å². The fraction of sp³-hybridized carbons (Fsp3) is 0.294. The Morgan fingerprint density at radius 1 is 1.09 bits per heavy atom. The summed E-state index contributed by atoms with van der Waals surface area (Å²) in [6.07, 6.45) is -3.13. The van der Waals surface area contributed by atoms with Crippen molar-refractivity contribution in [3.05, 3.63) is 47.5 Å². The second kappa shape index (κ2) is 6.91. The molecule has 23 heavy (non-hydrogen) atoms. The van der Waals surface area contributed by atoms with Crippen LogP contribution in [0.1, 0.15) is 17.5 Å². The van der Waals surface area contributed by atoms with Crippen molar-refractivity contribution in [1.29, 1.82) is 0 Å². The maximum Gasteiger partial charge on any atom is 0.417 e. The first kappa shape index (κ1) is 17.1. The molecule has 0 amide bonds. The van der Waals surface area contributed by atoms with E-state index in [1.165, 1.54) is 18.2 Å². The van der Waals surface area contributed by atoms with Gasteiger partial charge in [-0.1, -0.05) is 18.2 Å². The zero-order chi connectivity index (χ0) is 17.0. The molecule has 0 heterocycles. The smallest absolute Gasteiger partial charge is 0.397 e. The first-order chi connectivity index (χ1) is 10.8. The quantitative estimate of drug-likeness (QED) is 0.642. The molecule has 6 heteroatoms. The molecule has 0 aromatic heterocycles. The highest BCUT2D eigenvalue weighted by molar-refractivity contribution is 5.79. The molecule has 0 radical (unpaired) electrons. The van der Waals surface area contributed by atoms with Gasteiger partial charge < -0.3 is 16.2 Å². The van der Waals surface area contributed by atoms with Crippen LogP contribution in [0.3, 0.4) is 0 Å². The molecule has 0 aliphatic rings. The van der Waals surface area contributed by atoms with Crippen LogP contribution in [0.4, 0.5) is 24.5 Å². The molecule has 0 fully saturated rings. The molecular formula is C17H19F3N2O. The normalized spacial score (nSPS) is 11.7. The lowest BCUT2D eigenvalue weighted by Crippen LogP contribution is -2.08. The van der Waals surface area contributed by atoms with Gasteiger partial charge in [0.15, 0.2) is 0 Å². The Kier molecular flexibility index (Phi) is 5.15. The minimum Gasteiger partial charge on any atom is -0.397 e. The maximum absolute atomic E-state index is 13.2. The van der Waals surface area contributed by atoms with Crippen molar-refractivity contribution in [3.8, 4) is 11.1 Å². The molecular weight excluding hydrogens is 305 g/mol. The Balaban J connectivity index is 2.49. The maximum atomic E-state index is 13.2. The highest BCUT2D eigenvalue weighted by Crippen LogP contribution is 2.39. The van der Waals surface area contributed by atoms with Crippen LogP contribution in [0, 0.1) is 0 Å². The molecule has 0 atom stereocenters. The zero-order valence-corrected chi connectivity index (χ0v) is 12.8. The Morgan fingerprint density at radius 3 is 2.43 bits per heavy atom. The van der Waals surface area contributed by atoms with E-state index < -0.39 is 11.7 Å². The average molecular weight is 324 g/mol. The molecule has 3 nitrogen and oxygen atoms in total. The van der Waals surface area contributed by atoms with Crippen molar-refractivity contribution >= 4 is 11.4 Å². The lowest BCUT2D eigenvalue weighted by molar-refractivity contribution is -0.137. The summed E-state index contributed by atoms with van der Waals surface area (Å²) >= 11 is 0. The van der Waals surface area contributed by atoms with Crippen molar-refractivity contribution in [2.24, 2.45) is 0 Å². The fourth-order valence-electron chi connectivity index (χ4n) is 2.49. The number of nitrogen functional groups attached to an aromatic ring is 2. The van der Waals surface area contributed by atoms with Crippen LogP contribution in [-0.4, -0.2) is 13.7 Å². The van der Waals surface area contributed by atoms with Gasteiger partial charge in [-0.15, -0.1) is 0 Å². The molecule has 0 unspecified atom stereocenters. The Hall–Kier alpha value is -2.21. The fourth-order valence-corrected chi connectivity index (χ4v) is 2.49. The predicted octanol–water partition coefficient (Wildman–Crippen LogP) is 4.12. The molecule has 2 aromatic carbocycles. The molecule has 124 valence electrons. The minimum absolute atomic E-state index is 0.0969. The van der Waals surface area contributed by atoms with Gasteiger partial charge in [0.1, 0.15) is 0 Å². The van der Waals surface area contributed by atoms with Crippen LogP contribution in [0.25, 0.3) is 11.1 Å². The van der Waals surface area contributed by atoms with Crippen molar-refractivity contribution in [3.63, 3.8) is 0 Å². The molecule has 0 spiro atoms. The summed E-state index contributed by atoms with van der Waals surface area (Å²) in [5.74, 6) is 0. The summed E-state index contributed by atoms with van der Waals surface area (Å²) in [4.78, 5) is 0. The molecule has 4 N–H and O–H groups in total. The summed E-state index contributed by atoms with van der Waals surface area (Å²) < 4.78 is 44.6. The van der Waals surface area contributed by atoms with Gasteiger partial charge in [0.2, 0.25) is 0 Å². The van der Waals surface area contributed by atoms with E-state index in [-0.39, 0.29) is 11.3 Å². The summed E-state index contributed by atoms with van der Waals surface area (Å²) in [6.45, 7) is 0.544. The Bertz CT molecular complexity index is 684. The average Bonchev–Trinajstić information content (AvgIpc) is 2.50. The number of hydrogen-bond donors (Lipinski definition) is 2. The molecule has 0 aliphatic carbocycles. The van der Waals surface area contributed by atoms with E-state index in [1.54, 1.807) is 19.2 Å². The summed E-state index contributed by atoms with van der Waals surface area (Å²) in [7, 11) is 1.59. The number of aryl methyl sites for hydroxylation is 1. The third-order valence-corrected chi connectivity index (χ3v) is 3.64. The van der Waals surface area contributed by atoms with Gasteiger partial charge in [-0.25, -0.2) is 0 Å². The van der Waals surface area contributed by atoms with E-state index in [1.807, 2.05) is 0 Å². The van der Waals surface area contributed by atoms with E-state index in [4.69, 9.17) is 16.2 Å². The van der Waals surface area contributed by atoms with Crippen LogP contribution < -0.4 is 11.5 Å². The second-order valence-electron chi connectivity index (χ2n) is 5.28. The van der Waals surface area contributed by atoms with Gasteiger partial charge >= 0.3 is 6.18 Å². The molecule has 2 aromatic rings. The first-order valence-corrected chi connectivity index (χ1v) is 7.18. The van der Waals surface area contributed by atoms with Crippen molar-refractivity contribution in [2.75, 3.05) is 25.2 Å². The van der Waals surface area contributed by atoms with Gasteiger partial charge in [-0.3, -0.25) is 0 Å². The van der Waals surface area contributed by atoms with E-state index >= 15 is 0 Å². The minimum atomic E-state index is -4.43. The summed E-state index contributed by atoms with van der Waals surface area (Å²) in [5, 5.41) is 0. The van der Waals surface area contributed by atoms with Crippen LogP contribution in [0.15, 0.2) is 36.4 Å². The van der Waals surface area contributed by atoms with Gasteiger partial charge in [-0.05, 0) is 47.7 Å². The van der Waals surface area contributed by atoms with Gasteiger partial charge in [-0.2, -0.15) is 13.2 Å². The topological polar surface area (TPSA) is 61.3 Å². The van der Waals surface area contributed by atoms with Crippen LogP contribution in [0.5, 0.6) is 0 Å². The first-order valence-electron chi connectivity index (χ1n) is 7.18.